The lowest BCUT2D eigenvalue weighted by Gasteiger charge is -2.54. The highest BCUT2D eigenvalue weighted by Gasteiger charge is 2.78. The van der Waals surface area contributed by atoms with Gasteiger partial charge in [-0.25, -0.2) is 0 Å². The van der Waals surface area contributed by atoms with E-state index in [-0.39, 0.29) is 28.8 Å². The van der Waals surface area contributed by atoms with Crippen molar-refractivity contribution in [3.05, 3.63) is 0 Å². The van der Waals surface area contributed by atoms with Crippen LogP contribution in [-0.4, -0.2) is 23.6 Å². The monoisotopic (exact) mass is 344 g/mol. The summed E-state index contributed by atoms with van der Waals surface area (Å²) in [5.74, 6) is 2.89. The van der Waals surface area contributed by atoms with Crippen LogP contribution < -0.4 is 0 Å². The van der Waals surface area contributed by atoms with Gasteiger partial charge in [-0.3, -0.25) is 14.4 Å². The van der Waals surface area contributed by atoms with Crippen LogP contribution in [0.3, 0.4) is 0 Å². The normalized spacial score (nSPS) is 53.4. The van der Waals surface area contributed by atoms with Gasteiger partial charge in [-0.05, 0) is 55.8 Å². The topological polar surface area (TPSA) is 60.4 Å². The van der Waals surface area contributed by atoms with Crippen LogP contribution in [0.5, 0.6) is 0 Å². The van der Waals surface area contributed by atoms with Crippen LogP contribution in [-0.2, 0) is 19.1 Å². The molecule has 0 N–H and O–H groups in total. The lowest BCUT2D eigenvalue weighted by Crippen LogP contribution is -2.51. The van der Waals surface area contributed by atoms with Gasteiger partial charge in [0.1, 0.15) is 17.7 Å². The van der Waals surface area contributed by atoms with Crippen molar-refractivity contribution in [3.63, 3.8) is 0 Å². The molecule has 5 rings (SSSR count). The van der Waals surface area contributed by atoms with E-state index >= 15 is 0 Å². The summed E-state index contributed by atoms with van der Waals surface area (Å²) in [6.45, 7) is 3.69. The Hall–Kier alpha value is -1.19. The molecule has 8 atom stereocenters. The fraction of sp³-hybridized carbons (Fsp3) is 0.857. The van der Waals surface area contributed by atoms with E-state index in [1.807, 2.05) is 0 Å². The molecular weight excluding hydrogens is 316 g/mol. The second-order valence-corrected chi connectivity index (χ2v) is 9.65. The van der Waals surface area contributed by atoms with Crippen LogP contribution in [0.4, 0.5) is 0 Å². The van der Waals surface area contributed by atoms with E-state index in [1.165, 1.54) is 6.92 Å². The molecule has 0 aliphatic heterocycles. The first-order chi connectivity index (χ1) is 11.9. The number of fused-ring (bicyclic) bond motifs is 3. The Bertz CT molecular complexity index is 669. The molecule has 1 unspecified atom stereocenters. The number of carbonyl (C=O) groups is 3. The maximum Gasteiger partial charge on any atom is 0.302 e. The van der Waals surface area contributed by atoms with E-state index in [1.54, 1.807) is 0 Å². The summed E-state index contributed by atoms with van der Waals surface area (Å²) < 4.78 is 5.77. The minimum absolute atomic E-state index is 0.0456. The zero-order valence-corrected chi connectivity index (χ0v) is 15.3. The molecule has 5 fully saturated rings. The van der Waals surface area contributed by atoms with Gasteiger partial charge in [-0.2, -0.15) is 0 Å². The van der Waals surface area contributed by atoms with Crippen molar-refractivity contribution in [2.75, 3.05) is 0 Å². The van der Waals surface area contributed by atoms with Crippen molar-refractivity contribution in [3.8, 4) is 0 Å². The lowest BCUT2D eigenvalue weighted by molar-refractivity contribution is -0.148. The highest BCUT2D eigenvalue weighted by Crippen LogP contribution is 2.76. The summed E-state index contributed by atoms with van der Waals surface area (Å²) in [5, 5.41) is 0. The molecule has 5 aliphatic carbocycles. The third-order valence-corrected chi connectivity index (χ3v) is 8.95. The van der Waals surface area contributed by atoms with Gasteiger partial charge in [0.15, 0.2) is 0 Å². The number of hydrogen-bond acceptors (Lipinski definition) is 4. The maximum atomic E-state index is 12.5. The molecule has 0 aromatic heterocycles. The van der Waals surface area contributed by atoms with Crippen LogP contribution in [0, 0.1) is 40.4 Å². The lowest BCUT2D eigenvalue weighted by atomic mass is 9.49. The molecule has 0 amide bonds. The predicted molar refractivity (Wildman–Crippen MR) is 90.5 cm³/mol. The Morgan fingerprint density at radius 1 is 1.04 bits per heavy atom. The Kier molecular flexibility index (Phi) is 3.17. The second kappa shape index (κ2) is 4.95. The fourth-order valence-corrected chi connectivity index (χ4v) is 8.04. The van der Waals surface area contributed by atoms with Crippen molar-refractivity contribution in [1.82, 2.24) is 0 Å². The number of hydrogen-bond donors (Lipinski definition) is 0. The summed E-state index contributed by atoms with van der Waals surface area (Å²) in [5.41, 5.74) is -0.0636. The van der Waals surface area contributed by atoms with E-state index in [4.69, 9.17) is 4.74 Å². The van der Waals surface area contributed by atoms with Gasteiger partial charge in [0.2, 0.25) is 0 Å². The van der Waals surface area contributed by atoms with E-state index in [0.29, 0.717) is 48.1 Å². The number of ether oxygens (including phenoxy) is 1. The van der Waals surface area contributed by atoms with Crippen LogP contribution in [0.15, 0.2) is 0 Å². The Balaban J connectivity index is 1.51. The van der Waals surface area contributed by atoms with Gasteiger partial charge >= 0.3 is 5.97 Å². The molecule has 4 heteroatoms. The number of rotatable bonds is 1. The van der Waals surface area contributed by atoms with E-state index in [0.717, 1.165) is 38.5 Å². The summed E-state index contributed by atoms with van der Waals surface area (Å²) in [6.07, 6.45) is 7.30. The molecule has 0 heterocycles. The molecule has 0 bridgehead atoms. The minimum atomic E-state index is -0.209. The zero-order valence-electron chi connectivity index (χ0n) is 15.3. The smallest absolute Gasteiger partial charge is 0.302 e. The van der Waals surface area contributed by atoms with Gasteiger partial charge in [-0.15, -0.1) is 0 Å². The maximum absolute atomic E-state index is 12.5. The molecule has 0 aromatic carbocycles. The van der Waals surface area contributed by atoms with Crippen LogP contribution in [0.25, 0.3) is 0 Å². The van der Waals surface area contributed by atoms with Gasteiger partial charge in [0, 0.05) is 42.9 Å². The first-order valence-corrected chi connectivity index (χ1v) is 10.1. The van der Waals surface area contributed by atoms with Gasteiger partial charge in [-0.1, -0.05) is 6.92 Å². The number of Topliss-reactive ketones (excluding diaryl/α,β-unsaturated/α-hetero) is 2. The standard InChI is InChI=1S/C21H28O4/c1-11(22)25-19-17-10-13(23)9-12-3-4-14-15-5-6-18(24)20(15,2)8-7-16(14)21(12,17)19/h12,14-17,19H,3-10H2,1-2H3/t12-,14-,15-,16-,17-,19?,20-,21+/m0/s1. The van der Waals surface area contributed by atoms with Crippen molar-refractivity contribution in [2.45, 2.75) is 71.3 Å². The van der Waals surface area contributed by atoms with E-state index in [2.05, 4.69) is 6.92 Å². The number of ketones is 2. The first-order valence-electron chi connectivity index (χ1n) is 10.1. The molecule has 0 radical (unpaired) electrons. The van der Waals surface area contributed by atoms with Crippen molar-refractivity contribution in [2.24, 2.45) is 40.4 Å². The zero-order chi connectivity index (χ0) is 17.6. The largest absolute Gasteiger partial charge is 0.462 e. The molecule has 4 nitrogen and oxygen atoms in total. The van der Waals surface area contributed by atoms with Gasteiger partial charge in [0.05, 0.1) is 0 Å². The van der Waals surface area contributed by atoms with Gasteiger partial charge < -0.3 is 4.74 Å². The highest BCUT2D eigenvalue weighted by atomic mass is 16.6. The second-order valence-electron chi connectivity index (χ2n) is 9.65. The Morgan fingerprint density at radius 2 is 1.84 bits per heavy atom. The molecular formula is C21H28O4. The molecule has 0 aromatic rings. The van der Waals surface area contributed by atoms with E-state index < -0.39 is 0 Å². The Morgan fingerprint density at radius 3 is 2.60 bits per heavy atom. The molecule has 5 saturated carbocycles. The van der Waals surface area contributed by atoms with Crippen LogP contribution in [0.2, 0.25) is 0 Å². The number of carbonyl (C=O) groups excluding carboxylic acids is 3. The van der Waals surface area contributed by atoms with Crippen molar-refractivity contribution < 1.29 is 19.1 Å². The predicted octanol–water partition coefficient (Wildman–Crippen LogP) is 3.32. The van der Waals surface area contributed by atoms with Crippen molar-refractivity contribution >= 4 is 17.5 Å². The summed E-state index contributed by atoms with van der Waals surface area (Å²) >= 11 is 0. The van der Waals surface area contributed by atoms with Crippen molar-refractivity contribution in [1.29, 1.82) is 0 Å². The summed E-state index contributed by atoms with van der Waals surface area (Å²) in [6, 6.07) is 0. The summed E-state index contributed by atoms with van der Waals surface area (Å²) in [4.78, 5) is 36.4. The summed E-state index contributed by atoms with van der Waals surface area (Å²) in [7, 11) is 0. The first kappa shape index (κ1) is 16.0. The SMILES string of the molecule is CC(=O)OC1[C@@H]2CC(=O)C[C@@H]3CC[C@@H]4[C@H](CC[C@]5(C)C(=O)CC[C@@H]45)[C@]132. The average Bonchev–Trinajstić information content (AvgIpc) is 3.04. The molecule has 0 saturated heterocycles. The van der Waals surface area contributed by atoms with Crippen LogP contribution in [0.1, 0.15) is 65.2 Å². The minimum Gasteiger partial charge on any atom is -0.462 e. The van der Waals surface area contributed by atoms with Gasteiger partial charge in [0.25, 0.3) is 0 Å². The van der Waals surface area contributed by atoms with E-state index in [9.17, 15) is 14.4 Å². The fourth-order valence-electron chi connectivity index (χ4n) is 8.04. The third kappa shape index (κ3) is 1.86. The highest BCUT2D eigenvalue weighted by molar-refractivity contribution is 5.87. The average molecular weight is 344 g/mol. The molecule has 5 aliphatic rings. The number of esters is 1. The molecule has 136 valence electrons. The van der Waals surface area contributed by atoms with Crippen LogP contribution >= 0.6 is 0 Å². The molecule has 25 heavy (non-hydrogen) atoms. The third-order valence-electron chi connectivity index (χ3n) is 8.95. The molecule has 1 spiro atoms. The Labute approximate surface area is 149 Å². The quantitative estimate of drug-likeness (QED) is 0.685.